The first-order valence-corrected chi connectivity index (χ1v) is 6.04. The summed E-state index contributed by atoms with van der Waals surface area (Å²) in [6.07, 6.45) is 3.12. The van der Waals surface area contributed by atoms with Crippen LogP contribution in [-0.4, -0.2) is 17.6 Å². The van der Waals surface area contributed by atoms with Crippen LogP contribution in [0.2, 0.25) is 0 Å². The highest BCUT2D eigenvalue weighted by atomic mass is 16.7. The third-order valence-corrected chi connectivity index (χ3v) is 2.91. The van der Waals surface area contributed by atoms with Crippen molar-refractivity contribution in [3.63, 3.8) is 0 Å². The Bertz CT molecular complexity index is 658. The van der Waals surface area contributed by atoms with Gasteiger partial charge < -0.3 is 19.9 Å². The van der Waals surface area contributed by atoms with Crippen molar-refractivity contribution in [2.45, 2.75) is 6.61 Å². The average Bonchev–Trinajstić information content (AvgIpc) is 2.92. The first kappa shape index (κ1) is 12.3. The van der Waals surface area contributed by atoms with Crippen molar-refractivity contribution in [1.29, 1.82) is 5.41 Å². The molecule has 0 saturated carbocycles. The number of benzene rings is 1. The number of nitrogens with zero attached hydrogens (tertiary/aromatic N) is 1. The van der Waals surface area contributed by atoms with Gasteiger partial charge >= 0.3 is 0 Å². The third-order valence-electron chi connectivity index (χ3n) is 2.91. The lowest BCUT2D eigenvalue weighted by molar-refractivity contribution is 0.174. The predicted octanol–water partition coefficient (Wildman–Crippen LogP) is 1.67. The molecule has 1 aromatic carbocycles. The molecule has 0 unspecified atom stereocenters. The molecule has 3 rings (SSSR count). The highest BCUT2D eigenvalue weighted by molar-refractivity contribution is 5.97. The van der Waals surface area contributed by atoms with E-state index in [0.29, 0.717) is 23.7 Å². The second-order valence-electron chi connectivity index (χ2n) is 4.26. The minimum atomic E-state index is -0.0481. The van der Waals surface area contributed by atoms with E-state index in [9.17, 15) is 0 Å². The normalized spacial score (nSPS) is 12.2. The number of ether oxygens (including phenoxy) is 3. The van der Waals surface area contributed by atoms with Gasteiger partial charge in [-0.25, -0.2) is 0 Å². The average molecular weight is 271 g/mol. The highest BCUT2D eigenvalue weighted by Crippen LogP contribution is 2.32. The van der Waals surface area contributed by atoms with Crippen LogP contribution in [0.1, 0.15) is 11.1 Å². The fraction of sp³-hybridized carbons (Fsp3) is 0.143. The number of nitrogens with one attached hydrogen (secondary N) is 1. The van der Waals surface area contributed by atoms with E-state index in [4.69, 9.17) is 25.4 Å². The molecule has 20 heavy (non-hydrogen) atoms. The second-order valence-corrected chi connectivity index (χ2v) is 4.26. The number of rotatable bonds is 4. The number of amidine groups is 1. The first-order valence-electron chi connectivity index (χ1n) is 6.04. The maximum Gasteiger partial charge on any atom is 0.231 e. The van der Waals surface area contributed by atoms with Gasteiger partial charge in [0, 0.05) is 6.20 Å². The largest absolute Gasteiger partial charge is 0.487 e. The smallest absolute Gasteiger partial charge is 0.231 e. The van der Waals surface area contributed by atoms with E-state index >= 15 is 0 Å². The van der Waals surface area contributed by atoms with Gasteiger partial charge in [0.15, 0.2) is 11.5 Å². The number of aromatic nitrogens is 1. The minimum absolute atomic E-state index is 0.0481. The molecular formula is C14H13N3O3. The summed E-state index contributed by atoms with van der Waals surface area (Å²) in [6.45, 7) is 0.583. The van der Waals surface area contributed by atoms with Gasteiger partial charge in [0.1, 0.15) is 18.2 Å². The van der Waals surface area contributed by atoms with Gasteiger partial charge in [0.05, 0.1) is 11.8 Å². The van der Waals surface area contributed by atoms with E-state index < -0.39 is 0 Å². The van der Waals surface area contributed by atoms with Gasteiger partial charge in [-0.3, -0.25) is 10.4 Å². The van der Waals surface area contributed by atoms with Crippen molar-refractivity contribution >= 4 is 5.84 Å². The Labute approximate surface area is 115 Å². The molecule has 102 valence electrons. The van der Waals surface area contributed by atoms with E-state index in [1.165, 1.54) is 0 Å². The summed E-state index contributed by atoms with van der Waals surface area (Å²) < 4.78 is 16.2. The molecule has 0 spiro atoms. The fourth-order valence-corrected chi connectivity index (χ4v) is 1.91. The Morgan fingerprint density at radius 2 is 2.15 bits per heavy atom. The van der Waals surface area contributed by atoms with Crippen LogP contribution >= 0.6 is 0 Å². The third kappa shape index (κ3) is 2.35. The fourth-order valence-electron chi connectivity index (χ4n) is 1.91. The van der Waals surface area contributed by atoms with Gasteiger partial charge in [0.2, 0.25) is 6.79 Å². The molecule has 0 bridgehead atoms. The molecule has 3 N–H and O–H groups in total. The molecule has 0 amide bonds. The SMILES string of the molecule is N=C(N)c1ccncc1OCc1ccc2c(c1)OCO2. The summed E-state index contributed by atoms with van der Waals surface area (Å²) in [6, 6.07) is 7.26. The van der Waals surface area contributed by atoms with Crippen molar-refractivity contribution in [1.82, 2.24) is 4.98 Å². The van der Waals surface area contributed by atoms with Crippen LogP contribution in [-0.2, 0) is 6.61 Å². The van der Waals surface area contributed by atoms with Crippen LogP contribution in [0.3, 0.4) is 0 Å². The lowest BCUT2D eigenvalue weighted by Gasteiger charge is -2.10. The van der Waals surface area contributed by atoms with Crippen molar-refractivity contribution in [2.24, 2.45) is 5.73 Å². The van der Waals surface area contributed by atoms with Crippen molar-refractivity contribution < 1.29 is 14.2 Å². The maximum atomic E-state index is 7.49. The summed E-state index contributed by atoms with van der Waals surface area (Å²) in [5, 5.41) is 7.49. The molecule has 0 fully saturated rings. The zero-order chi connectivity index (χ0) is 13.9. The van der Waals surface area contributed by atoms with Crippen molar-refractivity contribution in [2.75, 3.05) is 6.79 Å². The van der Waals surface area contributed by atoms with Crippen LogP contribution in [0.4, 0.5) is 0 Å². The molecule has 0 aliphatic carbocycles. The lowest BCUT2D eigenvalue weighted by Crippen LogP contribution is -2.13. The van der Waals surface area contributed by atoms with Gasteiger partial charge in [-0.1, -0.05) is 6.07 Å². The van der Waals surface area contributed by atoms with Gasteiger partial charge in [-0.15, -0.1) is 0 Å². The Kier molecular flexibility index (Phi) is 3.12. The van der Waals surface area contributed by atoms with Crippen molar-refractivity contribution in [3.8, 4) is 17.2 Å². The van der Waals surface area contributed by atoms with Crippen LogP contribution in [0, 0.1) is 5.41 Å². The van der Waals surface area contributed by atoms with Crippen LogP contribution in [0.15, 0.2) is 36.7 Å². The Hall–Kier alpha value is -2.76. The second kappa shape index (κ2) is 5.08. The number of pyridine rings is 1. The van der Waals surface area contributed by atoms with Gasteiger partial charge in [0.25, 0.3) is 0 Å². The molecule has 0 radical (unpaired) electrons. The molecule has 1 aliphatic heterocycles. The molecule has 6 nitrogen and oxygen atoms in total. The Morgan fingerprint density at radius 3 is 3.00 bits per heavy atom. The molecule has 2 heterocycles. The van der Waals surface area contributed by atoms with Crippen LogP contribution < -0.4 is 19.9 Å². The predicted molar refractivity (Wildman–Crippen MR) is 72.2 cm³/mol. The Morgan fingerprint density at radius 1 is 1.30 bits per heavy atom. The van der Waals surface area contributed by atoms with E-state index in [0.717, 1.165) is 11.3 Å². The summed E-state index contributed by atoms with van der Waals surface area (Å²) in [4.78, 5) is 3.98. The van der Waals surface area contributed by atoms with Gasteiger partial charge in [-0.2, -0.15) is 0 Å². The molecule has 0 atom stereocenters. The number of nitrogen functional groups attached to an aromatic ring is 1. The number of hydrogen-bond acceptors (Lipinski definition) is 5. The summed E-state index contributed by atoms with van der Waals surface area (Å²) in [5.74, 6) is 1.88. The molecule has 6 heteroatoms. The van der Waals surface area contributed by atoms with E-state index in [1.54, 1.807) is 18.5 Å². The van der Waals surface area contributed by atoms with E-state index in [-0.39, 0.29) is 12.6 Å². The van der Waals surface area contributed by atoms with Crippen LogP contribution in [0.5, 0.6) is 17.2 Å². The van der Waals surface area contributed by atoms with Crippen LogP contribution in [0.25, 0.3) is 0 Å². The van der Waals surface area contributed by atoms with E-state index in [1.807, 2.05) is 18.2 Å². The maximum absolute atomic E-state index is 7.49. The Balaban J connectivity index is 1.75. The molecule has 0 saturated heterocycles. The van der Waals surface area contributed by atoms with E-state index in [2.05, 4.69) is 4.98 Å². The van der Waals surface area contributed by atoms with Gasteiger partial charge in [-0.05, 0) is 23.8 Å². The standard InChI is InChI=1S/C14H13N3O3/c15-14(16)10-3-4-17-6-13(10)18-7-9-1-2-11-12(5-9)20-8-19-11/h1-6H,7-8H2,(H3,15,16). The minimum Gasteiger partial charge on any atom is -0.487 e. The molecule has 1 aliphatic rings. The monoisotopic (exact) mass is 271 g/mol. The summed E-state index contributed by atoms with van der Waals surface area (Å²) in [7, 11) is 0. The number of nitrogens with two attached hydrogens (primary N) is 1. The summed E-state index contributed by atoms with van der Waals surface area (Å²) >= 11 is 0. The molecule has 2 aromatic rings. The number of hydrogen-bond donors (Lipinski definition) is 2. The lowest BCUT2D eigenvalue weighted by atomic mass is 10.2. The molecule has 1 aromatic heterocycles. The highest BCUT2D eigenvalue weighted by Gasteiger charge is 2.13. The quantitative estimate of drug-likeness (QED) is 0.652. The zero-order valence-corrected chi connectivity index (χ0v) is 10.6. The summed E-state index contributed by atoms with van der Waals surface area (Å²) in [5.41, 5.74) is 6.96. The first-order chi connectivity index (χ1) is 9.74. The topological polar surface area (TPSA) is 90.5 Å². The number of fused-ring (bicyclic) bond motifs is 1. The molecular weight excluding hydrogens is 258 g/mol. The zero-order valence-electron chi connectivity index (χ0n) is 10.6. The van der Waals surface area contributed by atoms with Crippen molar-refractivity contribution in [3.05, 3.63) is 47.8 Å².